The number of ketones is 1. The maximum absolute atomic E-state index is 11.5. The van der Waals surface area contributed by atoms with E-state index in [4.69, 9.17) is 10.5 Å². The first-order valence-corrected chi connectivity index (χ1v) is 5.19. The molecule has 1 rings (SSSR count). The Morgan fingerprint density at radius 3 is 2.80 bits per heavy atom. The Balaban J connectivity index is 3.15. The lowest BCUT2D eigenvalue weighted by atomic mass is 10.1. The molecule has 0 radical (unpaired) electrons. The second-order valence-corrected chi connectivity index (χ2v) is 3.79. The van der Waals surface area contributed by atoms with Gasteiger partial charge in [-0.15, -0.1) is 0 Å². The topological polar surface area (TPSA) is 72.5 Å². The van der Waals surface area contributed by atoms with E-state index < -0.39 is 0 Å². The first-order chi connectivity index (χ1) is 7.11. The van der Waals surface area contributed by atoms with Gasteiger partial charge in [-0.25, -0.2) is 0 Å². The van der Waals surface area contributed by atoms with Gasteiger partial charge in [0, 0.05) is 6.42 Å². The molecule has 0 fully saturated rings. The number of ether oxygens (including phenoxy) is 1. The first kappa shape index (κ1) is 12.0. The third kappa shape index (κ3) is 2.49. The summed E-state index contributed by atoms with van der Waals surface area (Å²) in [5.74, 6) is -0.0796. The molecule has 0 heterocycles. The van der Waals surface area contributed by atoms with Crippen molar-refractivity contribution in [3.63, 3.8) is 0 Å². The van der Waals surface area contributed by atoms with Crippen LogP contribution in [0.1, 0.15) is 16.8 Å². The van der Waals surface area contributed by atoms with Crippen molar-refractivity contribution >= 4 is 21.7 Å². The average molecular weight is 274 g/mol. The highest BCUT2D eigenvalue weighted by Crippen LogP contribution is 2.37. The summed E-state index contributed by atoms with van der Waals surface area (Å²) in [6.07, 6.45) is 0.207. The molecule has 4 nitrogen and oxygen atoms in total. The van der Waals surface area contributed by atoms with Crippen LogP contribution < -0.4 is 10.5 Å². The van der Waals surface area contributed by atoms with Crippen LogP contribution in [0.4, 0.5) is 0 Å². The summed E-state index contributed by atoms with van der Waals surface area (Å²) in [7, 11) is 1.43. The molecule has 0 atom stereocenters. The van der Waals surface area contributed by atoms with Crippen molar-refractivity contribution in [1.29, 1.82) is 0 Å². The molecule has 15 heavy (non-hydrogen) atoms. The number of nitrogens with two attached hydrogens (primary N) is 1. The largest absolute Gasteiger partial charge is 0.504 e. The smallest absolute Gasteiger partial charge is 0.175 e. The molecule has 1 aromatic rings. The van der Waals surface area contributed by atoms with Crippen molar-refractivity contribution in [2.24, 2.45) is 5.73 Å². The van der Waals surface area contributed by atoms with E-state index in [1.165, 1.54) is 7.11 Å². The number of benzene rings is 1. The molecule has 0 aliphatic rings. The van der Waals surface area contributed by atoms with E-state index in [1.807, 2.05) is 0 Å². The van der Waals surface area contributed by atoms with E-state index >= 15 is 0 Å². The highest BCUT2D eigenvalue weighted by Gasteiger charge is 2.16. The monoisotopic (exact) mass is 273 g/mol. The predicted octanol–water partition coefficient (Wildman–Crippen LogP) is 1.69. The molecule has 0 bridgehead atoms. The molecule has 3 N–H and O–H groups in total. The lowest BCUT2D eigenvalue weighted by Gasteiger charge is -2.09. The van der Waals surface area contributed by atoms with Crippen molar-refractivity contribution in [3.8, 4) is 11.5 Å². The molecule has 82 valence electrons. The van der Waals surface area contributed by atoms with Crippen LogP contribution in [0.2, 0.25) is 0 Å². The molecule has 0 aliphatic carbocycles. The number of phenols is 1. The van der Waals surface area contributed by atoms with Gasteiger partial charge in [0.2, 0.25) is 0 Å². The summed E-state index contributed by atoms with van der Waals surface area (Å²) in [6, 6.07) is 3.20. The van der Waals surface area contributed by atoms with Gasteiger partial charge in [-0.05, 0) is 34.6 Å². The van der Waals surface area contributed by atoms with E-state index in [0.717, 1.165) is 0 Å². The molecule has 0 amide bonds. The van der Waals surface area contributed by atoms with Crippen LogP contribution >= 0.6 is 15.9 Å². The Labute approximate surface area is 96.2 Å². The van der Waals surface area contributed by atoms with Gasteiger partial charge in [-0.1, -0.05) is 0 Å². The minimum atomic E-state index is -0.194. The fourth-order valence-electron chi connectivity index (χ4n) is 1.23. The number of halogens is 1. The summed E-state index contributed by atoms with van der Waals surface area (Å²) in [4.78, 5) is 11.5. The van der Waals surface area contributed by atoms with Gasteiger partial charge < -0.3 is 15.6 Å². The zero-order valence-corrected chi connectivity index (χ0v) is 9.87. The van der Waals surface area contributed by atoms with Crippen LogP contribution in [0, 0.1) is 0 Å². The quantitative estimate of drug-likeness (QED) is 0.819. The number of Topliss-reactive ketones (excluding diaryl/α,β-unsaturated/α-hetero) is 1. The summed E-state index contributed by atoms with van der Waals surface area (Å²) < 4.78 is 5.57. The second kappa shape index (κ2) is 5.14. The highest BCUT2D eigenvalue weighted by atomic mass is 79.9. The normalized spacial score (nSPS) is 10.1. The lowest BCUT2D eigenvalue weighted by Crippen LogP contribution is -2.08. The summed E-state index contributed by atoms with van der Waals surface area (Å²) in [5, 5.41) is 9.75. The SMILES string of the molecule is COc1c(Br)ccc(C(=O)CCN)c1O. The van der Waals surface area contributed by atoms with Crippen molar-refractivity contribution in [3.05, 3.63) is 22.2 Å². The van der Waals surface area contributed by atoms with Crippen LogP contribution in [-0.2, 0) is 0 Å². The third-order valence-electron chi connectivity index (χ3n) is 1.96. The average Bonchev–Trinajstić information content (AvgIpc) is 2.18. The Bertz CT molecular complexity index is 379. The van der Waals surface area contributed by atoms with Crippen LogP contribution in [0.25, 0.3) is 0 Å². The van der Waals surface area contributed by atoms with Gasteiger partial charge in [0.25, 0.3) is 0 Å². The maximum atomic E-state index is 11.5. The minimum absolute atomic E-state index is 0.148. The summed E-state index contributed by atoms with van der Waals surface area (Å²) in [6.45, 7) is 0.261. The Hall–Kier alpha value is -1.07. The van der Waals surface area contributed by atoms with E-state index in [1.54, 1.807) is 12.1 Å². The van der Waals surface area contributed by atoms with Gasteiger partial charge in [-0.2, -0.15) is 0 Å². The van der Waals surface area contributed by atoms with E-state index in [2.05, 4.69) is 15.9 Å². The lowest BCUT2D eigenvalue weighted by molar-refractivity contribution is 0.0982. The molecule has 0 spiro atoms. The number of hydrogen-bond acceptors (Lipinski definition) is 4. The number of carbonyl (C=O) groups excluding carboxylic acids is 1. The summed E-state index contributed by atoms with van der Waals surface area (Å²) >= 11 is 3.21. The molecular weight excluding hydrogens is 262 g/mol. The van der Waals surface area contributed by atoms with E-state index in [0.29, 0.717) is 4.47 Å². The predicted molar refractivity (Wildman–Crippen MR) is 60.4 cm³/mol. The molecular formula is C10H12BrNO3. The van der Waals surface area contributed by atoms with Crippen molar-refractivity contribution in [2.75, 3.05) is 13.7 Å². The Kier molecular flexibility index (Phi) is 4.11. The molecule has 0 aromatic heterocycles. The molecule has 1 aromatic carbocycles. The Morgan fingerprint density at radius 1 is 1.60 bits per heavy atom. The summed E-state index contributed by atoms with van der Waals surface area (Å²) in [5.41, 5.74) is 5.51. The first-order valence-electron chi connectivity index (χ1n) is 4.40. The zero-order chi connectivity index (χ0) is 11.4. The number of hydrogen-bond donors (Lipinski definition) is 2. The highest BCUT2D eigenvalue weighted by molar-refractivity contribution is 9.10. The van der Waals surface area contributed by atoms with E-state index in [9.17, 15) is 9.90 Å². The number of methoxy groups -OCH3 is 1. The molecule has 0 aliphatic heterocycles. The van der Waals surface area contributed by atoms with E-state index in [-0.39, 0.29) is 35.8 Å². The fourth-order valence-corrected chi connectivity index (χ4v) is 1.71. The number of carbonyl (C=O) groups is 1. The molecule has 0 saturated heterocycles. The van der Waals surface area contributed by atoms with Gasteiger partial charge >= 0.3 is 0 Å². The van der Waals surface area contributed by atoms with Gasteiger partial charge in [0.15, 0.2) is 17.3 Å². The van der Waals surface area contributed by atoms with Gasteiger partial charge in [0.1, 0.15) is 0 Å². The molecule has 0 saturated carbocycles. The minimum Gasteiger partial charge on any atom is -0.504 e. The van der Waals surface area contributed by atoms with Gasteiger partial charge in [-0.3, -0.25) is 4.79 Å². The fraction of sp³-hybridized carbons (Fsp3) is 0.300. The Morgan fingerprint density at radius 2 is 2.27 bits per heavy atom. The third-order valence-corrected chi connectivity index (χ3v) is 2.58. The number of rotatable bonds is 4. The van der Waals surface area contributed by atoms with Crippen molar-refractivity contribution in [1.82, 2.24) is 0 Å². The maximum Gasteiger partial charge on any atom is 0.175 e. The van der Waals surface area contributed by atoms with Crippen LogP contribution in [-0.4, -0.2) is 24.5 Å². The van der Waals surface area contributed by atoms with Crippen LogP contribution in [0.3, 0.4) is 0 Å². The standard InChI is InChI=1S/C10H12BrNO3/c1-15-10-7(11)3-2-6(9(10)14)8(13)4-5-12/h2-3,14H,4-5,12H2,1H3. The van der Waals surface area contributed by atoms with Crippen LogP contribution in [0.5, 0.6) is 11.5 Å². The number of phenolic OH excluding ortho intramolecular Hbond substituents is 1. The molecule has 5 heteroatoms. The van der Waals surface area contributed by atoms with Crippen molar-refractivity contribution < 1.29 is 14.6 Å². The zero-order valence-electron chi connectivity index (χ0n) is 8.29. The second-order valence-electron chi connectivity index (χ2n) is 2.94. The van der Waals surface area contributed by atoms with Crippen molar-refractivity contribution in [2.45, 2.75) is 6.42 Å². The van der Waals surface area contributed by atoms with Gasteiger partial charge in [0.05, 0.1) is 17.1 Å². The number of aromatic hydroxyl groups is 1. The molecule has 0 unspecified atom stereocenters. The van der Waals surface area contributed by atoms with Crippen LogP contribution in [0.15, 0.2) is 16.6 Å².